The Hall–Kier alpha value is -13.5. The van der Waals surface area contributed by atoms with Crippen molar-refractivity contribution in [3.05, 3.63) is 330 Å². The summed E-state index contributed by atoms with van der Waals surface area (Å²) >= 11 is 12.0. The molecular weight excluding hydrogens is 1700 g/mol. The Morgan fingerprint density at radius 3 is 1.39 bits per heavy atom. The Bertz CT molecular complexity index is 6790. The van der Waals surface area contributed by atoms with Crippen molar-refractivity contribution in [2.45, 2.75) is 188 Å². The summed E-state index contributed by atoms with van der Waals surface area (Å²) in [6, 6.07) is 96.1. The highest BCUT2D eigenvalue weighted by Crippen LogP contribution is 2.36. The van der Waals surface area contributed by atoms with Crippen molar-refractivity contribution < 1.29 is 13.9 Å². The number of hydrogen-bond acceptors (Lipinski definition) is 15. The highest BCUT2D eigenvalue weighted by Gasteiger charge is 2.25. The van der Waals surface area contributed by atoms with Gasteiger partial charge < -0.3 is 68.8 Å². The van der Waals surface area contributed by atoms with Crippen molar-refractivity contribution in [1.29, 1.82) is 0 Å². The average molecular weight is 1820 g/mol. The van der Waals surface area contributed by atoms with E-state index in [1.807, 2.05) is 177 Å². The summed E-state index contributed by atoms with van der Waals surface area (Å²) < 4.78 is 37.8. The zero-order chi connectivity index (χ0) is 92.0. The molecule has 0 bridgehead atoms. The molecule has 7 aromatic heterocycles. The number of halogens is 3. The SMILES string of the molecule is CC(C)(C)n1c(Nc2cccc(F)c2)nc2ccccc21.CCOc1ccccc1Nc1nc2ccccc2n1C(C)C.CCn1c(NC2CCCCC2)nc2ccccc21.Cc1cccc(Cn2c(NC3CCOCC3)nc3ccccc32)c1.Clc1ccc(Cn2c(NC3CCCCC3)nc3ccccc32)nc1.Clc1ccc(Cn2c(Nc3ccccc3)nc3ccccc32)cc1. The van der Waals surface area contributed by atoms with E-state index < -0.39 is 0 Å². The van der Waals surface area contributed by atoms with Crippen molar-refractivity contribution in [1.82, 2.24) is 62.3 Å². The van der Waals surface area contributed by atoms with E-state index in [-0.39, 0.29) is 11.4 Å². The van der Waals surface area contributed by atoms with Crippen molar-refractivity contribution in [2.75, 3.05) is 51.7 Å². The molecule has 6 N–H and O–H groups in total. The van der Waals surface area contributed by atoms with Gasteiger partial charge in [0, 0.05) is 72.1 Å². The lowest BCUT2D eigenvalue weighted by atomic mass is 9.96. The number of anilines is 9. The molecule has 21 nitrogen and oxygen atoms in total. The van der Waals surface area contributed by atoms with E-state index in [2.05, 4.69) is 215 Å². The summed E-state index contributed by atoms with van der Waals surface area (Å²) in [5.74, 6) is 5.91. The van der Waals surface area contributed by atoms with Crippen LogP contribution in [0, 0.1) is 12.7 Å². The predicted octanol–water partition coefficient (Wildman–Crippen LogP) is 27.6. The van der Waals surface area contributed by atoms with Gasteiger partial charge in [0.25, 0.3) is 0 Å². The van der Waals surface area contributed by atoms with Gasteiger partial charge in [-0.3, -0.25) is 4.98 Å². The van der Waals surface area contributed by atoms with Crippen molar-refractivity contribution in [2.24, 2.45) is 0 Å². The summed E-state index contributed by atoms with van der Waals surface area (Å²) in [4.78, 5) is 32.9. The van der Waals surface area contributed by atoms with Gasteiger partial charge in [0.2, 0.25) is 35.7 Å². The molecule has 1 saturated heterocycles. The summed E-state index contributed by atoms with van der Waals surface area (Å²) in [6.07, 6.45) is 16.8. The fourth-order valence-electron chi connectivity index (χ4n) is 17.6. The summed E-state index contributed by atoms with van der Waals surface area (Å²) in [6.45, 7) is 22.5. The lowest BCUT2D eigenvalue weighted by Crippen LogP contribution is -2.29. The third-order valence-corrected chi connectivity index (χ3v) is 24.5. The fraction of sp³-hybridized carbons (Fsp3) is 0.294. The standard InChI is InChI=1S/C20H16ClN3.C20H23N3O.C19H21ClN4.C18H21N3O.C17H18FN3.C15H21N3/c21-16-12-10-15(11-13-16)14-24-19-9-5-4-8-18(19)23-20(24)22-17-6-2-1-3-7-17;1-15-5-4-6-16(13-15)14-23-19-8-3-2-7-18(19)22-20(23)21-17-9-11-24-12-10-17;20-14-10-11-16(21-12-14)13-24-18-9-5-4-8-17(18)23-19(24)22-15-6-2-1-3-7-15;1-4-22-17-12-8-6-10-15(17)20-18-19-14-9-5-7-11-16(14)21(18)13(2)3;1-17(2,3)21-15-10-5-4-9-14(15)20-16(21)19-13-8-6-7-12(18)11-13;1-2-18-14-11-7-6-10-13(14)17-15(18)16-12-8-4-3-5-9-12/h1-13H,14H2,(H,22,23);2-8,13,17H,9-12,14H2,1H3,(H,21,22);4-5,8-12,15H,1-3,6-7,13H2,(H,22,23);5-13H,4H2,1-3H3,(H,19,20);4-11H,1-3H3,(H,19,20);6-7,10-12H,2-5,8-9H2,1H3,(H,16,17). The second kappa shape index (κ2) is 44.6. The molecule has 2 saturated carbocycles. The van der Waals surface area contributed by atoms with E-state index >= 15 is 0 Å². The minimum Gasteiger partial charge on any atom is -0.492 e. The van der Waals surface area contributed by atoms with Crippen LogP contribution in [0.1, 0.15) is 154 Å². The van der Waals surface area contributed by atoms with E-state index in [1.54, 1.807) is 12.3 Å². The molecule has 1 aliphatic heterocycles. The maximum Gasteiger partial charge on any atom is 0.208 e. The van der Waals surface area contributed by atoms with E-state index in [4.69, 9.17) is 57.6 Å². The highest BCUT2D eigenvalue weighted by atomic mass is 35.5. The first-order chi connectivity index (χ1) is 64.9. The molecule has 8 heterocycles. The number of ether oxygens (including phenoxy) is 2. The number of pyridine rings is 1. The third-order valence-electron chi connectivity index (χ3n) is 24.0. The number of fused-ring (bicyclic) bond motifs is 6. The molecule has 21 rings (SSSR count). The number of aromatic nitrogens is 13. The molecule has 24 heteroatoms. The second-order valence-corrected chi connectivity index (χ2v) is 36.1. The zero-order valence-corrected chi connectivity index (χ0v) is 78.7. The Labute approximate surface area is 788 Å². The summed E-state index contributed by atoms with van der Waals surface area (Å²) in [7, 11) is 0. The van der Waals surface area contributed by atoms with Gasteiger partial charge in [-0.2, -0.15) is 0 Å². The Morgan fingerprint density at radius 2 is 0.850 bits per heavy atom. The molecule has 3 aliphatic rings. The third kappa shape index (κ3) is 24.1. The van der Waals surface area contributed by atoms with Crippen molar-refractivity contribution >= 4 is 142 Å². The molecule has 0 unspecified atom stereocenters. The van der Waals surface area contributed by atoms with Crippen molar-refractivity contribution in [3.63, 3.8) is 0 Å². The molecule has 133 heavy (non-hydrogen) atoms. The minimum absolute atomic E-state index is 0.133. The molecule has 0 radical (unpaired) electrons. The lowest BCUT2D eigenvalue weighted by Gasteiger charge is -2.24. The van der Waals surface area contributed by atoms with Gasteiger partial charge in [0.15, 0.2) is 0 Å². The van der Waals surface area contributed by atoms with Crippen molar-refractivity contribution in [3.8, 4) is 5.75 Å². The van der Waals surface area contributed by atoms with Gasteiger partial charge in [-0.05, 0) is 245 Å². The van der Waals surface area contributed by atoms with Crippen LogP contribution in [-0.2, 0) is 36.5 Å². The smallest absolute Gasteiger partial charge is 0.208 e. The quantitative estimate of drug-likeness (QED) is 0.0373. The Morgan fingerprint density at radius 1 is 0.406 bits per heavy atom. The highest BCUT2D eigenvalue weighted by molar-refractivity contribution is 6.30. The Kier molecular flexibility index (Phi) is 31.1. The first-order valence-corrected chi connectivity index (χ1v) is 47.5. The van der Waals surface area contributed by atoms with Crippen LogP contribution in [0.4, 0.5) is 57.1 Å². The lowest BCUT2D eigenvalue weighted by molar-refractivity contribution is 0.0902. The van der Waals surface area contributed by atoms with Crippen LogP contribution in [0.15, 0.2) is 291 Å². The maximum atomic E-state index is 13.3. The molecule has 3 fully saturated rings. The van der Waals surface area contributed by atoms with Gasteiger partial charge >= 0.3 is 0 Å². The van der Waals surface area contributed by atoms with Crippen LogP contribution in [-0.4, -0.2) is 100 Å². The zero-order valence-electron chi connectivity index (χ0n) is 77.2. The normalized spacial score (nSPS) is 13.7. The first-order valence-electron chi connectivity index (χ1n) is 46.8. The van der Waals surface area contributed by atoms with Gasteiger partial charge in [0.1, 0.15) is 11.6 Å². The number of imidazole rings is 6. The number of aryl methyl sites for hydroxylation is 2. The van der Waals surface area contributed by atoms with E-state index in [9.17, 15) is 4.39 Å². The topological polar surface area (TPSA) is 210 Å². The fourth-order valence-corrected chi connectivity index (χ4v) is 17.8. The maximum absolute atomic E-state index is 13.3. The number of benzene rings is 11. The largest absolute Gasteiger partial charge is 0.492 e. The Balaban J connectivity index is 0.000000117. The van der Waals surface area contributed by atoms with Gasteiger partial charge in [-0.15, -0.1) is 0 Å². The average Bonchev–Trinajstić information content (AvgIpc) is 1.62. The monoisotopic (exact) mass is 1820 g/mol. The molecular formula is C109H120Cl2FN19O2. The summed E-state index contributed by atoms with van der Waals surface area (Å²) in [5.41, 5.74) is 20.1. The number of nitrogens with one attached hydrogen (secondary N) is 6. The molecule has 2 aliphatic carbocycles. The van der Waals surface area contributed by atoms with Gasteiger partial charge in [0.05, 0.1) is 109 Å². The van der Waals surface area contributed by atoms with Crippen LogP contribution in [0.25, 0.3) is 66.2 Å². The number of rotatable bonds is 22. The van der Waals surface area contributed by atoms with E-state index in [1.165, 1.54) is 104 Å². The number of nitrogens with zero attached hydrogens (tertiary/aromatic N) is 13. The molecule has 0 amide bonds. The molecule has 11 aromatic carbocycles. The second-order valence-electron chi connectivity index (χ2n) is 35.3. The van der Waals surface area contributed by atoms with E-state index in [0.29, 0.717) is 54.0 Å². The first kappa shape index (κ1) is 92.7. The minimum atomic E-state index is -0.265. The predicted molar refractivity (Wildman–Crippen MR) is 547 cm³/mol. The van der Waals surface area contributed by atoms with Crippen LogP contribution in [0.3, 0.4) is 0 Å². The van der Waals surface area contributed by atoms with Crippen LogP contribution in [0.2, 0.25) is 10.0 Å². The summed E-state index contributed by atoms with van der Waals surface area (Å²) in [5, 5.41) is 22.4. The van der Waals surface area contributed by atoms with E-state index in [0.717, 1.165) is 158 Å². The molecule has 18 aromatic rings. The van der Waals surface area contributed by atoms with Crippen LogP contribution < -0.4 is 36.6 Å². The van der Waals surface area contributed by atoms with Gasteiger partial charge in [-0.25, -0.2) is 34.3 Å². The number of para-hydroxylation sites is 15. The molecule has 0 spiro atoms. The molecule has 0 atom stereocenters. The van der Waals surface area contributed by atoms with Crippen LogP contribution in [0.5, 0.6) is 5.75 Å². The number of hydrogen-bond donors (Lipinski definition) is 6. The van der Waals surface area contributed by atoms with Gasteiger partial charge in [-0.1, -0.05) is 213 Å². The molecule has 684 valence electrons. The van der Waals surface area contributed by atoms with Crippen LogP contribution >= 0.6 is 23.2 Å².